The summed E-state index contributed by atoms with van der Waals surface area (Å²) in [5.41, 5.74) is 1.32. The van der Waals surface area contributed by atoms with Gasteiger partial charge in [0.05, 0.1) is 17.8 Å². The molecule has 7 heteroatoms. The zero-order valence-electron chi connectivity index (χ0n) is 15.6. The minimum Gasteiger partial charge on any atom is -0.378 e. The molecule has 0 aromatic carbocycles. The highest BCUT2D eigenvalue weighted by Crippen LogP contribution is 2.26. The van der Waals surface area contributed by atoms with Crippen LogP contribution in [0.2, 0.25) is 0 Å². The second-order valence-electron chi connectivity index (χ2n) is 7.64. The van der Waals surface area contributed by atoms with E-state index in [1.165, 1.54) is 0 Å². The Labute approximate surface area is 149 Å². The Kier molecular flexibility index (Phi) is 6.06. The summed E-state index contributed by atoms with van der Waals surface area (Å²) >= 11 is 0. The number of rotatable bonds is 5. The Morgan fingerprint density at radius 1 is 1.36 bits per heavy atom. The molecule has 0 spiro atoms. The molecule has 1 amide bonds. The van der Waals surface area contributed by atoms with Crippen LogP contribution in [0.4, 0.5) is 0 Å². The highest BCUT2D eigenvalue weighted by Gasteiger charge is 2.29. The molecule has 0 saturated carbocycles. The van der Waals surface area contributed by atoms with Gasteiger partial charge in [0.1, 0.15) is 0 Å². The zero-order chi connectivity index (χ0) is 17.8. The fourth-order valence-corrected chi connectivity index (χ4v) is 4.08. The first-order valence-electron chi connectivity index (χ1n) is 9.60. The quantitative estimate of drug-likeness (QED) is 0.845. The second kappa shape index (κ2) is 8.27. The third-order valence-corrected chi connectivity index (χ3v) is 5.47. The molecule has 2 aliphatic heterocycles. The van der Waals surface area contributed by atoms with Crippen molar-refractivity contribution in [3.8, 4) is 0 Å². The summed E-state index contributed by atoms with van der Waals surface area (Å²) in [5, 5.41) is 14.8. The number of carbonyl (C=O) groups is 1. The highest BCUT2D eigenvalue weighted by molar-refractivity contribution is 5.93. The molecule has 2 unspecified atom stereocenters. The lowest BCUT2D eigenvalue weighted by molar-refractivity contribution is -0.0510. The van der Waals surface area contributed by atoms with E-state index in [1.54, 1.807) is 0 Å². The van der Waals surface area contributed by atoms with E-state index < -0.39 is 0 Å². The van der Waals surface area contributed by atoms with Gasteiger partial charge in [0.25, 0.3) is 5.91 Å². The predicted molar refractivity (Wildman–Crippen MR) is 95.5 cm³/mol. The van der Waals surface area contributed by atoms with E-state index in [1.807, 2.05) is 11.6 Å². The number of carbonyl (C=O) groups excluding carboxylic acids is 1. The number of hydrogen-bond donors (Lipinski definition) is 2. The Balaban J connectivity index is 1.60. The Bertz CT molecular complexity index is 580. The van der Waals surface area contributed by atoms with Gasteiger partial charge in [-0.25, -0.2) is 4.68 Å². The molecule has 140 valence electrons. The van der Waals surface area contributed by atoms with Crippen LogP contribution < -0.4 is 10.6 Å². The number of nitrogens with one attached hydrogen (secondary N) is 2. The topological polar surface area (TPSA) is 81.1 Å². The smallest absolute Gasteiger partial charge is 0.273 e. The molecule has 3 heterocycles. The maximum absolute atomic E-state index is 12.6. The van der Waals surface area contributed by atoms with E-state index in [0.717, 1.165) is 51.1 Å². The molecule has 25 heavy (non-hydrogen) atoms. The van der Waals surface area contributed by atoms with Crippen LogP contribution in [0.5, 0.6) is 0 Å². The maximum atomic E-state index is 12.6. The molecule has 2 aliphatic rings. The third-order valence-electron chi connectivity index (χ3n) is 5.47. The molecular formula is C18H31N5O2. The average Bonchev–Trinajstić information content (AvgIpc) is 3.02. The first-order chi connectivity index (χ1) is 12.1. The molecule has 2 fully saturated rings. The first kappa shape index (κ1) is 18.3. The van der Waals surface area contributed by atoms with Crippen LogP contribution in [0.3, 0.4) is 0 Å². The van der Waals surface area contributed by atoms with Crippen LogP contribution in [-0.4, -0.2) is 53.2 Å². The van der Waals surface area contributed by atoms with E-state index in [4.69, 9.17) is 4.74 Å². The molecule has 2 atom stereocenters. The summed E-state index contributed by atoms with van der Waals surface area (Å²) in [6, 6.07) is 0.340. The van der Waals surface area contributed by atoms with Crippen LogP contribution in [-0.2, 0) is 4.74 Å². The van der Waals surface area contributed by atoms with Crippen molar-refractivity contribution >= 4 is 5.91 Å². The molecule has 1 aromatic heterocycles. The van der Waals surface area contributed by atoms with Crippen molar-refractivity contribution in [2.45, 2.75) is 58.6 Å². The molecule has 2 saturated heterocycles. The zero-order valence-corrected chi connectivity index (χ0v) is 15.6. The molecule has 0 aliphatic carbocycles. The summed E-state index contributed by atoms with van der Waals surface area (Å²) in [4.78, 5) is 12.6. The van der Waals surface area contributed by atoms with Crippen molar-refractivity contribution in [3.63, 3.8) is 0 Å². The first-order valence-corrected chi connectivity index (χ1v) is 9.60. The van der Waals surface area contributed by atoms with Crippen molar-refractivity contribution in [1.82, 2.24) is 25.6 Å². The molecule has 3 rings (SSSR count). The van der Waals surface area contributed by atoms with Gasteiger partial charge in [0, 0.05) is 19.1 Å². The molecule has 1 aromatic rings. The third kappa shape index (κ3) is 4.20. The monoisotopic (exact) mass is 349 g/mol. The van der Waals surface area contributed by atoms with Gasteiger partial charge >= 0.3 is 0 Å². The van der Waals surface area contributed by atoms with E-state index in [9.17, 15) is 4.79 Å². The van der Waals surface area contributed by atoms with Gasteiger partial charge < -0.3 is 15.4 Å². The largest absolute Gasteiger partial charge is 0.378 e. The number of nitrogens with zero attached hydrogens (tertiary/aromatic N) is 3. The Morgan fingerprint density at radius 2 is 2.12 bits per heavy atom. The van der Waals surface area contributed by atoms with E-state index >= 15 is 0 Å². The SMILES string of the molecule is Cc1c(C(=O)NCC2CCCOC2C(C)C)nnn1C1CCNCC1. The van der Waals surface area contributed by atoms with Crippen molar-refractivity contribution in [1.29, 1.82) is 0 Å². The Hall–Kier alpha value is -1.47. The average molecular weight is 349 g/mol. The number of amides is 1. The number of piperidine rings is 1. The predicted octanol–water partition coefficient (Wildman–Crippen LogP) is 1.69. The van der Waals surface area contributed by atoms with Crippen LogP contribution in [0.25, 0.3) is 0 Å². The van der Waals surface area contributed by atoms with Crippen molar-refractivity contribution in [2.24, 2.45) is 11.8 Å². The standard InChI is InChI=1S/C18H31N5O2/c1-12(2)17-14(5-4-10-25-17)11-20-18(24)16-13(3)23(22-21-16)15-6-8-19-9-7-15/h12,14-15,17,19H,4-11H2,1-3H3,(H,20,24). The highest BCUT2D eigenvalue weighted by atomic mass is 16.5. The lowest BCUT2D eigenvalue weighted by Crippen LogP contribution is -2.41. The molecule has 7 nitrogen and oxygen atoms in total. The molecule has 2 N–H and O–H groups in total. The fraction of sp³-hybridized carbons (Fsp3) is 0.833. The maximum Gasteiger partial charge on any atom is 0.273 e. The number of ether oxygens (including phenoxy) is 1. The summed E-state index contributed by atoms with van der Waals surface area (Å²) in [6.07, 6.45) is 4.45. The second-order valence-corrected chi connectivity index (χ2v) is 7.64. The molecular weight excluding hydrogens is 318 g/mol. The van der Waals surface area contributed by atoms with E-state index in [2.05, 4.69) is 34.8 Å². The van der Waals surface area contributed by atoms with Gasteiger partial charge in [0.15, 0.2) is 5.69 Å². The normalized spacial score (nSPS) is 25.3. The van der Waals surface area contributed by atoms with E-state index in [0.29, 0.717) is 30.1 Å². The molecule has 0 radical (unpaired) electrons. The summed E-state index contributed by atoms with van der Waals surface area (Å²) in [6.45, 7) is 9.75. The minimum atomic E-state index is -0.120. The van der Waals surface area contributed by atoms with Gasteiger partial charge in [-0.2, -0.15) is 0 Å². The van der Waals surface area contributed by atoms with Crippen molar-refractivity contribution in [3.05, 3.63) is 11.4 Å². The van der Waals surface area contributed by atoms with Crippen LogP contribution in [0.1, 0.15) is 61.8 Å². The Morgan fingerprint density at radius 3 is 2.84 bits per heavy atom. The summed E-state index contributed by atoms with van der Waals surface area (Å²) in [5.74, 6) is 0.716. The van der Waals surface area contributed by atoms with Crippen LogP contribution >= 0.6 is 0 Å². The lowest BCUT2D eigenvalue weighted by atomic mass is 9.87. The minimum absolute atomic E-state index is 0.120. The van der Waals surface area contributed by atoms with E-state index in [-0.39, 0.29) is 12.0 Å². The van der Waals surface area contributed by atoms with Gasteiger partial charge in [-0.3, -0.25) is 4.79 Å². The van der Waals surface area contributed by atoms with Crippen LogP contribution in [0.15, 0.2) is 0 Å². The van der Waals surface area contributed by atoms with Crippen molar-refractivity contribution in [2.75, 3.05) is 26.2 Å². The lowest BCUT2D eigenvalue weighted by Gasteiger charge is -2.34. The van der Waals surface area contributed by atoms with Gasteiger partial charge in [-0.1, -0.05) is 19.1 Å². The number of aromatic nitrogens is 3. The van der Waals surface area contributed by atoms with Crippen LogP contribution in [0, 0.1) is 18.8 Å². The van der Waals surface area contributed by atoms with Crippen molar-refractivity contribution < 1.29 is 9.53 Å². The fourth-order valence-electron chi connectivity index (χ4n) is 4.08. The number of hydrogen-bond acceptors (Lipinski definition) is 5. The van der Waals surface area contributed by atoms with Gasteiger partial charge in [-0.05, 0) is 51.6 Å². The molecule has 0 bridgehead atoms. The van der Waals surface area contributed by atoms with Gasteiger partial charge in [-0.15, -0.1) is 5.10 Å². The summed E-state index contributed by atoms with van der Waals surface area (Å²) < 4.78 is 7.83. The van der Waals surface area contributed by atoms with Gasteiger partial charge in [0.2, 0.25) is 0 Å². The summed E-state index contributed by atoms with van der Waals surface area (Å²) in [7, 11) is 0.